The molecule has 0 aliphatic carbocycles. The average Bonchev–Trinajstić information content (AvgIpc) is 3.12. The molecule has 28 heavy (non-hydrogen) atoms. The molecule has 0 radical (unpaired) electrons. The third-order valence-electron chi connectivity index (χ3n) is 4.94. The minimum absolute atomic E-state index is 0.237. The summed E-state index contributed by atoms with van der Waals surface area (Å²) < 4.78 is 13.6. The Morgan fingerprint density at radius 2 is 2.11 bits per heavy atom. The quantitative estimate of drug-likeness (QED) is 0.389. The molecule has 2 heterocycles. The topological polar surface area (TPSA) is 106 Å². The van der Waals surface area contributed by atoms with E-state index in [1.807, 2.05) is 6.92 Å². The van der Waals surface area contributed by atoms with Gasteiger partial charge in [0.2, 0.25) is 0 Å². The van der Waals surface area contributed by atoms with Crippen molar-refractivity contribution in [3.8, 4) is 0 Å². The van der Waals surface area contributed by atoms with Crippen LogP contribution in [0.15, 0.2) is 18.2 Å². The van der Waals surface area contributed by atoms with Crippen molar-refractivity contribution in [1.82, 2.24) is 15.8 Å². The van der Waals surface area contributed by atoms with Gasteiger partial charge < -0.3 is 20.8 Å². The standard InChI is InChI=1S/C20H23FN4O3/c1-4-13(25-28)9-22-20(27)18-10(2)17(23-11(18)3)8-15-14-7-12(21)5-6-16(14)24-19(15)26/h5-8,13,23,25,28H,4,9H2,1-3H3,(H,22,27)(H,24,26)/b15-8-. The second-order valence-corrected chi connectivity index (χ2v) is 6.81. The zero-order valence-electron chi connectivity index (χ0n) is 15.9. The normalized spacial score (nSPS) is 15.5. The number of hydrogen-bond donors (Lipinski definition) is 5. The second-order valence-electron chi connectivity index (χ2n) is 6.81. The molecule has 2 aromatic rings. The van der Waals surface area contributed by atoms with Gasteiger partial charge in [-0.1, -0.05) is 6.92 Å². The van der Waals surface area contributed by atoms with Crippen LogP contribution in [0.1, 0.15) is 46.2 Å². The molecule has 0 fully saturated rings. The van der Waals surface area contributed by atoms with E-state index in [-0.39, 0.29) is 24.4 Å². The van der Waals surface area contributed by atoms with Gasteiger partial charge in [0, 0.05) is 35.2 Å². The number of aromatic nitrogens is 1. The summed E-state index contributed by atoms with van der Waals surface area (Å²) in [6, 6.07) is 3.89. The molecule has 0 saturated carbocycles. The van der Waals surface area contributed by atoms with Crippen molar-refractivity contribution < 1.29 is 19.2 Å². The van der Waals surface area contributed by atoms with E-state index in [1.54, 1.807) is 19.9 Å². The van der Waals surface area contributed by atoms with Crippen LogP contribution in [0.25, 0.3) is 11.6 Å². The predicted molar refractivity (Wildman–Crippen MR) is 105 cm³/mol. The summed E-state index contributed by atoms with van der Waals surface area (Å²) in [5.41, 5.74) is 5.97. The van der Waals surface area contributed by atoms with Crippen LogP contribution < -0.4 is 16.1 Å². The van der Waals surface area contributed by atoms with Gasteiger partial charge in [-0.25, -0.2) is 9.87 Å². The first-order chi connectivity index (χ1) is 13.3. The number of hydroxylamine groups is 1. The van der Waals surface area contributed by atoms with Gasteiger partial charge in [0.25, 0.3) is 11.8 Å². The van der Waals surface area contributed by atoms with E-state index >= 15 is 0 Å². The van der Waals surface area contributed by atoms with Crippen LogP contribution in [0.4, 0.5) is 10.1 Å². The third-order valence-corrected chi connectivity index (χ3v) is 4.94. The lowest BCUT2D eigenvalue weighted by atomic mass is 10.0. The highest BCUT2D eigenvalue weighted by atomic mass is 19.1. The van der Waals surface area contributed by atoms with Crippen molar-refractivity contribution in [2.75, 3.05) is 11.9 Å². The second kappa shape index (κ2) is 7.95. The van der Waals surface area contributed by atoms with Crippen molar-refractivity contribution in [3.05, 3.63) is 52.1 Å². The maximum absolute atomic E-state index is 13.6. The maximum Gasteiger partial charge on any atom is 0.256 e. The Morgan fingerprint density at radius 3 is 2.79 bits per heavy atom. The first-order valence-electron chi connectivity index (χ1n) is 9.05. The first kappa shape index (κ1) is 19.8. The van der Waals surface area contributed by atoms with Crippen LogP contribution in [0.2, 0.25) is 0 Å². The first-order valence-corrected chi connectivity index (χ1v) is 9.05. The summed E-state index contributed by atoms with van der Waals surface area (Å²) in [6.07, 6.45) is 2.29. The van der Waals surface area contributed by atoms with Crippen molar-refractivity contribution in [2.24, 2.45) is 0 Å². The molecule has 1 atom stereocenters. The van der Waals surface area contributed by atoms with Crippen molar-refractivity contribution in [3.63, 3.8) is 0 Å². The fourth-order valence-corrected chi connectivity index (χ4v) is 3.29. The third kappa shape index (κ3) is 3.69. The molecule has 5 N–H and O–H groups in total. The molecule has 1 aromatic heterocycles. The van der Waals surface area contributed by atoms with Crippen molar-refractivity contribution in [1.29, 1.82) is 0 Å². The molecular weight excluding hydrogens is 363 g/mol. The van der Waals surface area contributed by atoms with E-state index in [0.29, 0.717) is 45.8 Å². The van der Waals surface area contributed by atoms with E-state index < -0.39 is 5.82 Å². The number of anilines is 1. The lowest BCUT2D eigenvalue weighted by Gasteiger charge is -2.13. The van der Waals surface area contributed by atoms with Crippen molar-refractivity contribution in [2.45, 2.75) is 33.2 Å². The van der Waals surface area contributed by atoms with Gasteiger partial charge in [0.1, 0.15) is 5.82 Å². The molecule has 1 unspecified atom stereocenters. The number of aromatic amines is 1. The fourth-order valence-electron chi connectivity index (χ4n) is 3.29. The highest BCUT2D eigenvalue weighted by Crippen LogP contribution is 2.34. The fraction of sp³-hybridized carbons (Fsp3) is 0.300. The Hall–Kier alpha value is -2.97. The SMILES string of the molecule is CCC(CNC(=O)c1c(C)[nH]c(/C=C2\C(=O)Nc3ccc(F)cc32)c1C)NO. The largest absolute Gasteiger partial charge is 0.358 e. The molecule has 7 nitrogen and oxygen atoms in total. The minimum atomic E-state index is -0.427. The zero-order chi connectivity index (χ0) is 20.4. The molecule has 0 bridgehead atoms. The Labute approximate surface area is 162 Å². The number of hydrogen-bond acceptors (Lipinski definition) is 4. The number of carbonyl (C=O) groups is 2. The van der Waals surface area contributed by atoms with E-state index in [4.69, 9.17) is 5.21 Å². The number of fused-ring (bicyclic) bond motifs is 1. The van der Waals surface area contributed by atoms with Crippen LogP contribution in [0, 0.1) is 19.7 Å². The number of carbonyl (C=O) groups excluding carboxylic acids is 2. The van der Waals surface area contributed by atoms with E-state index in [1.165, 1.54) is 18.2 Å². The highest BCUT2D eigenvalue weighted by Gasteiger charge is 2.26. The molecule has 3 rings (SSSR count). The monoisotopic (exact) mass is 386 g/mol. The maximum atomic E-state index is 13.6. The smallest absolute Gasteiger partial charge is 0.256 e. The van der Waals surface area contributed by atoms with Crippen molar-refractivity contribution >= 4 is 29.2 Å². The summed E-state index contributed by atoms with van der Waals surface area (Å²) in [7, 11) is 0. The number of aryl methyl sites for hydroxylation is 1. The van der Waals surface area contributed by atoms with Gasteiger partial charge >= 0.3 is 0 Å². The van der Waals surface area contributed by atoms with E-state index in [9.17, 15) is 14.0 Å². The number of benzene rings is 1. The van der Waals surface area contributed by atoms with Gasteiger partial charge in [0.05, 0.1) is 11.1 Å². The lowest BCUT2D eigenvalue weighted by Crippen LogP contribution is -2.39. The van der Waals surface area contributed by atoms with Crippen LogP contribution >= 0.6 is 0 Å². The Kier molecular flexibility index (Phi) is 5.62. The average molecular weight is 386 g/mol. The lowest BCUT2D eigenvalue weighted by molar-refractivity contribution is -0.110. The number of halogens is 1. The molecule has 1 aliphatic rings. The van der Waals surface area contributed by atoms with E-state index in [2.05, 4.69) is 21.1 Å². The summed E-state index contributed by atoms with van der Waals surface area (Å²) in [6.45, 7) is 5.73. The number of nitrogens with one attached hydrogen (secondary N) is 4. The Balaban J connectivity index is 1.91. The summed E-state index contributed by atoms with van der Waals surface area (Å²) in [5.74, 6) is -1.02. The van der Waals surface area contributed by atoms with Gasteiger partial charge in [0.15, 0.2) is 0 Å². The molecule has 2 amide bonds. The zero-order valence-corrected chi connectivity index (χ0v) is 15.9. The molecule has 1 aliphatic heterocycles. The summed E-state index contributed by atoms with van der Waals surface area (Å²) in [4.78, 5) is 28.0. The predicted octanol–water partition coefficient (Wildman–Crippen LogP) is 2.75. The van der Waals surface area contributed by atoms with Gasteiger partial charge in [-0.15, -0.1) is 0 Å². The van der Waals surface area contributed by atoms with Crippen LogP contribution in [-0.2, 0) is 4.79 Å². The molecule has 0 saturated heterocycles. The number of amides is 2. The summed E-state index contributed by atoms with van der Waals surface area (Å²) in [5, 5.41) is 14.5. The summed E-state index contributed by atoms with van der Waals surface area (Å²) >= 11 is 0. The van der Waals surface area contributed by atoms with Gasteiger partial charge in [-0.3, -0.25) is 9.59 Å². The Morgan fingerprint density at radius 1 is 1.36 bits per heavy atom. The van der Waals surface area contributed by atoms with Gasteiger partial charge in [-0.05, 0) is 50.1 Å². The molecule has 8 heteroatoms. The molecule has 1 aromatic carbocycles. The van der Waals surface area contributed by atoms with Crippen LogP contribution in [0.3, 0.4) is 0 Å². The van der Waals surface area contributed by atoms with Crippen LogP contribution in [0.5, 0.6) is 0 Å². The van der Waals surface area contributed by atoms with Gasteiger partial charge in [-0.2, -0.15) is 0 Å². The number of H-pyrrole nitrogens is 1. The van der Waals surface area contributed by atoms with E-state index in [0.717, 1.165) is 0 Å². The molecular formula is C20H23FN4O3. The molecule has 148 valence electrons. The highest BCUT2D eigenvalue weighted by molar-refractivity contribution is 6.34. The Bertz CT molecular complexity index is 961. The van der Waals surface area contributed by atoms with Crippen LogP contribution in [-0.4, -0.2) is 34.6 Å². The molecule has 0 spiro atoms. The number of rotatable bonds is 6. The minimum Gasteiger partial charge on any atom is -0.358 e.